The molecule has 1 saturated heterocycles. The SMILES string of the molecule is C/C=C/C(CCCCCNc1nc2c(ncn2[C@H]2C[C@H](O)[C@@H](CO)O2)c(=O)[nH]1)C(=O)O.O=CC[C@H](O)[C@H](O)CO. The quantitative estimate of drug-likeness (QED) is 0.0752. The van der Waals surface area contributed by atoms with Crippen LogP contribution in [0.5, 0.6) is 0 Å². The first-order valence-corrected chi connectivity index (χ1v) is 13.1. The number of unbranched alkanes of at least 4 members (excludes halogenated alkanes) is 2. The molecule has 8 N–H and O–H groups in total. The van der Waals surface area contributed by atoms with Crippen LogP contribution in [0.25, 0.3) is 11.2 Å². The predicted molar refractivity (Wildman–Crippen MR) is 142 cm³/mol. The van der Waals surface area contributed by atoms with E-state index in [0.29, 0.717) is 30.8 Å². The summed E-state index contributed by atoms with van der Waals surface area (Å²) in [6, 6.07) is 0. The van der Waals surface area contributed by atoms with E-state index in [9.17, 15) is 24.6 Å². The number of nitrogens with zero attached hydrogens (tertiary/aromatic N) is 3. The van der Waals surface area contributed by atoms with E-state index < -0.39 is 49.1 Å². The largest absolute Gasteiger partial charge is 0.481 e. The molecule has 0 aromatic carbocycles. The molecule has 15 heteroatoms. The molecule has 2 aromatic rings. The average Bonchev–Trinajstić information content (AvgIpc) is 3.53. The Balaban J connectivity index is 0.000000536. The fourth-order valence-electron chi connectivity index (χ4n) is 4.06. The van der Waals surface area contributed by atoms with Crippen LogP contribution in [0.3, 0.4) is 0 Å². The van der Waals surface area contributed by atoms with Crippen molar-refractivity contribution in [2.45, 2.75) is 76.1 Å². The number of carbonyl (C=O) groups is 2. The first-order chi connectivity index (χ1) is 19.2. The van der Waals surface area contributed by atoms with Crippen molar-refractivity contribution < 1.29 is 45.0 Å². The molecule has 1 aliphatic rings. The molecule has 0 amide bonds. The van der Waals surface area contributed by atoms with Crippen LogP contribution in [-0.2, 0) is 14.3 Å². The van der Waals surface area contributed by atoms with Gasteiger partial charge in [-0.15, -0.1) is 0 Å². The molecule has 0 bridgehead atoms. The number of aliphatic hydroxyl groups is 5. The second-order valence-electron chi connectivity index (χ2n) is 9.32. The molecule has 15 nitrogen and oxygen atoms in total. The smallest absolute Gasteiger partial charge is 0.310 e. The standard InChI is InChI=1S/C20H29N5O6.C5H10O4/c1-2-6-12(19(29)30)7-4-3-5-8-21-20-23-17-16(18(28)24-20)22-11-25(17)15-9-13(27)14(10-26)31-15;6-2-1-4(8)5(9)3-7/h2,6,11-15,26-27H,3-5,7-10H2,1H3,(H,29,30)(H2,21,23,24,28);2,4-5,7-9H,1,3H2/b6-2+;/t12?,13-,14+,15+;4-,5+/m00/s1. The third kappa shape index (κ3) is 9.46. The molecule has 40 heavy (non-hydrogen) atoms. The molecule has 0 radical (unpaired) electrons. The Morgan fingerprint density at radius 1 is 1.27 bits per heavy atom. The van der Waals surface area contributed by atoms with E-state index in [1.807, 2.05) is 6.92 Å². The molecule has 3 rings (SSSR count). The Hall–Kier alpha value is -3.21. The van der Waals surface area contributed by atoms with Gasteiger partial charge in [0, 0.05) is 19.4 Å². The van der Waals surface area contributed by atoms with Crippen molar-refractivity contribution >= 4 is 29.4 Å². The summed E-state index contributed by atoms with van der Waals surface area (Å²) < 4.78 is 7.22. The van der Waals surface area contributed by atoms with Gasteiger partial charge in [0.2, 0.25) is 5.95 Å². The summed E-state index contributed by atoms with van der Waals surface area (Å²) in [5, 5.41) is 56.9. The van der Waals surface area contributed by atoms with Crippen molar-refractivity contribution in [3.63, 3.8) is 0 Å². The molecular formula is C25H39N5O10. The summed E-state index contributed by atoms with van der Waals surface area (Å²) in [7, 11) is 0. The maximum atomic E-state index is 12.3. The number of fused-ring (bicyclic) bond motifs is 1. The molecule has 1 fully saturated rings. The third-order valence-corrected chi connectivity index (χ3v) is 6.32. The van der Waals surface area contributed by atoms with Crippen molar-refractivity contribution in [1.29, 1.82) is 0 Å². The first kappa shape index (κ1) is 33.0. The molecule has 1 aliphatic heterocycles. The fraction of sp³-hybridized carbons (Fsp3) is 0.640. The minimum Gasteiger partial charge on any atom is -0.481 e. The number of ether oxygens (including phenoxy) is 1. The van der Waals surface area contributed by atoms with Gasteiger partial charge >= 0.3 is 5.97 Å². The maximum absolute atomic E-state index is 12.3. The summed E-state index contributed by atoms with van der Waals surface area (Å²) in [6.45, 7) is 1.56. The van der Waals surface area contributed by atoms with Gasteiger partial charge in [0.1, 0.15) is 24.7 Å². The monoisotopic (exact) mass is 569 g/mol. The predicted octanol–water partition coefficient (Wildman–Crippen LogP) is -0.701. The van der Waals surface area contributed by atoms with Crippen LogP contribution in [0.1, 0.15) is 51.7 Å². The zero-order valence-corrected chi connectivity index (χ0v) is 22.3. The number of carboxylic acid groups (broad SMARTS) is 1. The van der Waals surface area contributed by atoms with Crippen molar-refractivity contribution in [3.05, 3.63) is 28.8 Å². The number of aromatic amines is 1. The van der Waals surface area contributed by atoms with Crippen LogP contribution in [0.15, 0.2) is 23.3 Å². The van der Waals surface area contributed by atoms with E-state index in [4.69, 9.17) is 25.2 Å². The van der Waals surface area contributed by atoms with Gasteiger partial charge in [-0.25, -0.2) is 4.98 Å². The summed E-state index contributed by atoms with van der Waals surface area (Å²) >= 11 is 0. The highest BCUT2D eigenvalue weighted by atomic mass is 16.5. The van der Waals surface area contributed by atoms with Crippen LogP contribution in [0, 0.1) is 5.92 Å². The van der Waals surface area contributed by atoms with Crippen LogP contribution >= 0.6 is 0 Å². The number of rotatable bonds is 15. The van der Waals surface area contributed by atoms with Crippen molar-refractivity contribution in [3.8, 4) is 0 Å². The van der Waals surface area contributed by atoms with Crippen LogP contribution in [-0.4, -0.2) is 107 Å². The number of aldehydes is 1. The highest BCUT2D eigenvalue weighted by Gasteiger charge is 2.35. The van der Waals surface area contributed by atoms with E-state index in [1.54, 1.807) is 16.7 Å². The van der Waals surface area contributed by atoms with Gasteiger partial charge in [0.25, 0.3) is 5.56 Å². The topological polar surface area (TPSA) is 240 Å². The van der Waals surface area contributed by atoms with Crippen LogP contribution in [0.4, 0.5) is 5.95 Å². The van der Waals surface area contributed by atoms with Crippen LogP contribution in [0.2, 0.25) is 0 Å². The number of anilines is 1. The zero-order chi connectivity index (χ0) is 29.7. The van der Waals surface area contributed by atoms with Gasteiger partial charge in [-0.2, -0.15) is 4.98 Å². The molecule has 0 saturated carbocycles. The van der Waals surface area contributed by atoms with Gasteiger partial charge in [-0.3, -0.25) is 19.1 Å². The lowest BCUT2D eigenvalue weighted by Gasteiger charge is -2.14. The second-order valence-corrected chi connectivity index (χ2v) is 9.32. The van der Waals surface area contributed by atoms with E-state index in [-0.39, 0.29) is 30.5 Å². The van der Waals surface area contributed by atoms with Crippen molar-refractivity contribution in [1.82, 2.24) is 19.5 Å². The number of nitrogens with one attached hydrogen (secondary N) is 2. The Labute approximate surface area is 230 Å². The van der Waals surface area contributed by atoms with Crippen molar-refractivity contribution in [2.75, 3.05) is 25.1 Å². The summed E-state index contributed by atoms with van der Waals surface area (Å²) in [5.41, 5.74) is 0.108. The summed E-state index contributed by atoms with van der Waals surface area (Å²) in [5.74, 6) is -0.971. The molecular weight excluding hydrogens is 530 g/mol. The fourth-order valence-corrected chi connectivity index (χ4v) is 4.06. The number of imidazole rings is 1. The number of aromatic nitrogens is 4. The minimum absolute atomic E-state index is 0.137. The Morgan fingerprint density at radius 3 is 2.62 bits per heavy atom. The lowest BCUT2D eigenvalue weighted by Crippen LogP contribution is -2.29. The summed E-state index contributed by atoms with van der Waals surface area (Å²) in [6.07, 6.45) is 4.12. The average molecular weight is 570 g/mol. The van der Waals surface area contributed by atoms with E-state index in [2.05, 4.69) is 20.3 Å². The molecule has 0 aliphatic carbocycles. The Morgan fingerprint density at radius 2 is 2.02 bits per heavy atom. The third-order valence-electron chi connectivity index (χ3n) is 6.32. The van der Waals surface area contributed by atoms with Crippen LogP contribution < -0.4 is 10.9 Å². The number of allylic oxidation sites excluding steroid dienone is 1. The molecule has 1 unspecified atom stereocenters. The maximum Gasteiger partial charge on any atom is 0.310 e. The Bertz CT molecular complexity index is 1150. The molecule has 6 atom stereocenters. The lowest BCUT2D eigenvalue weighted by molar-refractivity contribution is -0.140. The number of hydrogen-bond donors (Lipinski definition) is 8. The zero-order valence-electron chi connectivity index (χ0n) is 22.3. The number of aliphatic carboxylic acids is 1. The van der Waals surface area contributed by atoms with Gasteiger partial charge < -0.3 is 45.5 Å². The normalized spacial score (nSPS) is 21.1. The number of hydrogen-bond acceptors (Lipinski definition) is 12. The van der Waals surface area contributed by atoms with Gasteiger partial charge in [-0.05, 0) is 19.8 Å². The van der Waals surface area contributed by atoms with Gasteiger partial charge in [-0.1, -0.05) is 25.0 Å². The second kappa shape index (κ2) is 16.8. The van der Waals surface area contributed by atoms with E-state index in [0.717, 1.165) is 19.3 Å². The number of carboxylic acids is 1. The minimum atomic E-state index is -1.20. The Kier molecular flexibility index (Phi) is 13.9. The van der Waals surface area contributed by atoms with Gasteiger partial charge in [0.15, 0.2) is 11.2 Å². The number of aliphatic hydroxyl groups excluding tert-OH is 5. The van der Waals surface area contributed by atoms with Crippen molar-refractivity contribution in [2.24, 2.45) is 5.92 Å². The lowest BCUT2D eigenvalue weighted by atomic mass is 10.0. The number of carbonyl (C=O) groups excluding carboxylic acids is 1. The first-order valence-electron chi connectivity index (χ1n) is 13.1. The molecule has 3 heterocycles. The van der Waals surface area contributed by atoms with E-state index in [1.165, 1.54) is 6.33 Å². The molecule has 0 spiro atoms. The molecule has 2 aromatic heterocycles. The van der Waals surface area contributed by atoms with Gasteiger partial charge in [0.05, 0.1) is 37.7 Å². The molecule has 224 valence electrons. The van der Waals surface area contributed by atoms with E-state index >= 15 is 0 Å². The highest BCUT2D eigenvalue weighted by molar-refractivity contribution is 5.72. The highest BCUT2D eigenvalue weighted by Crippen LogP contribution is 2.30. The number of H-pyrrole nitrogens is 1. The summed E-state index contributed by atoms with van der Waals surface area (Å²) in [4.78, 5) is 44.4.